The molecule has 1 aliphatic rings. The van der Waals surface area contributed by atoms with E-state index in [1.165, 1.54) is 6.07 Å². The molecule has 16 heavy (non-hydrogen) atoms. The summed E-state index contributed by atoms with van der Waals surface area (Å²) >= 11 is 3.48. The highest BCUT2D eigenvalue weighted by Crippen LogP contribution is 2.29. The zero-order valence-electron chi connectivity index (χ0n) is 9.50. The van der Waals surface area contributed by atoms with Gasteiger partial charge in [0.15, 0.2) is 0 Å². The molecule has 0 spiro atoms. The fourth-order valence-electron chi connectivity index (χ4n) is 2.06. The van der Waals surface area contributed by atoms with Gasteiger partial charge in [0.2, 0.25) is 0 Å². The van der Waals surface area contributed by atoms with E-state index in [-0.39, 0.29) is 5.82 Å². The van der Waals surface area contributed by atoms with Crippen molar-refractivity contribution in [3.63, 3.8) is 0 Å². The molecule has 0 saturated carbocycles. The second kappa shape index (κ2) is 4.72. The van der Waals surface area contributed by atoms with E-state index in [0.717, 1.165) is 23.2 Å². The molecule has 0 amide bonds. The summed E-state index contributed by atoms with van der Waals surface area (Å²) in [6.07, 6.45) is 0. The fraction of sp³-hybridized carbons (Fsp3) is 0.500. The first-order valence-electron chi connectivity index (χ1n) is 5.53. The van der Waals surface area contributed by atoms with Crippen LogP contribution < -0.4 is 10.2 Å². The number of rotatable bonds is 1. The van der Waals surface area contributed by atoms with Crippen LogP contribution in [0.1, 0.15) is 13.8 Å². The molecule has 1 aliphatic heterocycles. The number of nitrogens with zero attached hydrogens (tertiary/aromatic N) is 1. The number of anilines is 1. The lowest BCUT2D eigenvalue weighted by Gasteiger charge is -2.39. The summed E-state index contributed by atoms with van der Waals surface area (Å²) in [5, 5.41) is 3.41. The van der Waals surface area contributed by atoms with Crippen molar-refractivity contribution >= 4 is 21.6 Å². The average molecular weight is 287 g/mol. The first-order chi connectivity index (χ1) is 7.58. The molecule has 1 aromatic rings. The molecule has 0 bridgehead atoms. The zero-order chi connectivity index (χ0) is 11.7. The third-order valence-electron chi connectivity index (χ3n) is 2.98. The molecule has 88 valence electrons. The maximum Gasteiger partial charge on any atom is 0.125 e. The lowest BCUT2D eigenvalue weighted by atomic mass is 10.1. The van der Waals surface area contributed by atoms with E-state index in [4.69, 9.17) is 0 Å². The van der Waals surface area contributed by atoms with Gasteiger partial charge < -0.3 is 10.2 Å². The second-order valence-corrected chi connectivity index (χ2v) is 5.26. The van der Waals surface area contributed by atoms with Crippen LogP contribution in [0.2, 0.25) is 0 Å². The molecule has 2 rings (SSSR count). The van der Waals surface area contributed by atoms with Crippen LogP contribution in [-0.4, -0.2) is 25.2 Å². The summed E-state index contributed by atoms with van der Waals surface area (Å²) in [5.74, 6) is -0.184. The van der Waals surface area contributed by atoms with Crippen molar-refractivity contribution < 1.29 is 4.39 Å². The van der Waals surface area contributed by atoms with Crippen molar-refractivity contribution in [2.45, 2.75) is 25.9 Å². The SMILES string of the molecule is CC1CN(c2cc(F)ccc2Br)C(C)CN1. The van der Waals surface area contributed by atoms with Gasteiger partial charge in [-0.1, -0.05) is 0 Å². The Hall–Kier alpha value is -0.610. The van der Waals surface area contributed by atoms with Crippen molar-refractivity contribution in [1.29, 1.82) is 0 Å². The van der Waals surface area contributed by atoms with E-state index in [2.05, 4.69) is 40.0 Å². The van der Waals surface area contributed by atoms with Crippen molar-refractivity contribution in [1.82, 2.24) is 5.32 Å². The first-order valence-corrected chi connectivity index (χ1v) is 6.32. The largest absolute Gasteiger partial charge is 0.365 e. The van der Waals surface area contributed by atoms with Crippen LogP contribution in [0.3, 0.4) is 0 Å². The quantitative estimate of drug-likeness (QED) is 0.854. The molecule has 2 atom stereocenters. The summed E-state index contributed by atoms with van der Waals surface area (Å²) < 4.78 is 14.2. The molecule has 1 saturated heterocycles. The van der Waals surface area contributed by atoms with E-state index in [0.29, 0.717) is 12.1 Å². The summed E-state index contributed by atoms with van der Waals surface area (Å²) in [5.41, 5.74) is 0.945. The van der Waals surface area contributed by atoms with Gasteiger partial charge in [-0.2, -0.15) is 0 Å². The predicted molar refractivity (Wildman–Crippen MR) is 68.4 cm³/mol. The van der Waals surface area contributed by atoms with Gasteiger partial charge in [0.25, 0.3) is 0 Å². The lowest BCUT2D eigenvalue weighted by Crippen LogP contribution is -2.54. The number of hydrogen-bond donors (Lipinski definition) is 1. The minimum absolute atomic E-state index is 0.184. The molecule has 4 heteroatoms. The number of nitrogens with one attached hydrogen (secondary N) is 1. The average Bonchev–Trinajstić information content (AvgIpc) is 2.25. The van der Waals surface area contributed by atoms with Crippen molar-refractivity contribution in [3.8, 4) is 0 Å². The van der Waals surface area contributed by atoms with Gasteiger partial charge in [-0.05, 0) is 48.0 Å². The Morgan fingerprint density at radius 2 is 2.19 bits per heavy atom. The van der Waals surface area contributed by atoms with E-state index >= 15 is 0 Å². The van der Waals surface area contributed by atoms with E-state index in [1.807, 2.05) is 0 Å². The third-order valence-corrected chi connectivity index (χ3v) is 3.65. The third kappa shape index (κ3) is 2.38. The smallest absolute Gasteiger partial charge is 0.125 e. The van der Waals surface area contributed by atoms with Crippen LogP contribution in [0.4, 0.5) is 10.1 Å². The highest BCUT2D eigenvalue weighted by atomic mass is 79.9. The van der Waals surface area contributed by atoms with Gasteiger partial charge in [0.1, 0.15) is 5.82 Å². The number of piperazine rings is 1. The molecule has 1 aromatic carbocycles. The van der Waals surface area contributed by atoms with Crippen LogP contribution in [-0.2, 0) is 0 Å². The van der Waals surface area contributed by atoms with Gasteiger partial charge in [-0.15, -0.1) is 0 Å². The van der Waals surface area contributed by atoms with Crippen LogP contribution in [0.15, 0.2) is 22.7 Å². The monoisotopic (exact) mass is 286 g/mol. The van der Waals surface area contributed by atoms with Crippen LogP contribution in [0.5, 0.6) is 0 Å². The molecule has 0 aliphatic carbocycles. The first kappa shape index (κ1) is 11.9. The van der Waals surface area contributed by atoms with Crippen LogP contribution in [0.25, 0.3) is 0 Å². The number of hydrogen-bond acceptors (Lipinski definition) is 2. The summed E-state index contributed by atoms with van der Waals surface area (Å²) in [6.45, 7) is 6.13. The zero-order valence-corrected chi connectivity index (χ0v) is 11.1. The molecule has 1 heterocycles. The van der Waals surface area contributed by atoms with Crippen molar-refractivity contribution in [2.24, 2.45) is 0 Å². The molecular formula is C12H16BrFN2. The predicted octanol–water partition coefficient (Wildman–Crippen LogP) is 2.77. The Balaban J connectivity index is 2.30. The van der Waals surface area contributed by atoms with Gasteiger partial charge in [-0.25, -0.2) is 4.39 Å². The lowest BCUT2D eigenvalue weighted by molar-refractivity contribution is 0.424. The highest BCUT2D eigenvalue weighted by molar-refractivity contribution is 9.10. The maximum atomic E-state index is 13.3. The van der Waals surface area contributed by atoms with Gasteiger partial charge in [0.05, 0.1) is 5.69 Å². The van der Waals surface area contributed by atoms with Crippen LogP contribution in [0, 0.1) is 5.82 Å². The molecule has 0 aromatic heterocycles. The van der Waals surface area contributed by atoms with E-state index in [1.54, 1.807) is 12.1 Å². The minimum Gasteiger partial charge on any atom is -0.365 e. The molecule has 2 unspecified atom stereocenters. The Morgan fingerprint density at radius 3 is 2.94 bits per heavy atom. The summed E-state index contributed by atoms with van der Waals surface area (Å²) in [7, 11) is 0. The Morgan fingerprint density at radius 1 is 1.44 bits per heavy atom. The molecule has 1 fully saturated rings. The van der Waals surface area contributed by atoms with Crippen molar-refractivity contribution in [3.05, 3.63) is 28.5 Å². The van der Waals surface area contributed by atoms with Gasteiger partial charge in [0, 0.05) is 29.6 Å². The fourth-order valence-corrected chi connectivity index (χ4v) is 2.54. The van der Waals surface area contributed by atoms with E-state index < -0.39 is 0 Å². The maximum absolute atomic E-state index is 13.3. The van der Waals surface area contributed by atoms with Crippen LogP contribution >= 0.6 is 15.9 Å². The standard InChI is InChI=1S/C12H16BrFN2/c1-8-7-16(9(2)6-15-8)12-5-10(14)3-4-11(12)13/h3-5,8-9,15H,6-7H2,1-2H3. The Kier molecular flexibility index (Phi) is 3.50. The van der Waals surface area contributed by atoms with Gasteiger partial charge in [-0.3, -0.25) is 0 Å². The number of halogens is 2. The van der Waals surface area contributed by atoms with E-state index in [9.17, 15) is 4.39 Å². The Labute approximate surface area is 104 Å². The van der Waals surface area contributed by atoms with Crippen molar-refractivity contribution in [2.75, 3.05) is 18.0 Å². The molecule has 2 nitrogen and oxygen atoms in total. The topological polar surface area (TPSA) is 15.3 Å². The summed E-state index contributed by atoms with van der Waals surface area (Å²) in [4.78, 5) is 2.24. The molecular weight excluding hydrogens is 271 g/mol. The normalized spacial score (nSPS) is 25.9. The molecule has 0 radical (unpaired) electrons. The highest BCUT2D eigenvalue weighted by Gasteiger charge is 2.24. The number of benzene rings is 1. The molecule has 1 N–H and O–H groups in total. The minimum atomic E-state index is -0.184. The summed E-state index contributed by atoms with van der Waals surface area (Å²) in [6, 6.07) is 5.66. The Bertz CT molecular complexity index is 383. The second-order valence-electron chi connectivity index (χ2n) is 4.41. The van der Waals surface area contributed by atoms with Gasteiger partial charge >= 0.3 is 0 Å².